The summed E-state index contributed by atoms with van der Waals surface area (Å²) in [7, 11) is 0. The smallest absolute Gasteiger partial charge is 0.317 e. The van der Waals surface area contributed by atoms with Crippen molar-refractivity contribution in [3.8, 4) is 0 Å². The Bertz CT molecular complexity index is 922. The molecule has 3 N–H and O–H groups in total. The number of halogens is 1. The fourth-order valence-electron chi connectivity index (χ4n) is 3.67. The highest BCUT2D eigenvalue weighted by Gasteiger charge is 2.19. The first-order valence-corrected chi connectivity index (χ1v) is 8.39. The maximum atomic E-state index is 13.4. The highest BCUT2D eigenvalue weighted by atomic mass is 19.1. The molecule has 24 heavy (non-hydrogen) atoms. The molecule has 1 fully saturated rings. The lowest BCUT2D eigenvalue weighted by Gasteiger charge is -2.24. The van der Waals surface area contributed by atoms with Gasteiger partial charge in [0.15, 0.2) is 0 Å². The Morgan fingerprint density at radius 3 is 2.67 bits per heavy atom. The number of nitrogens with one attached hydrogen (secondary N) is 3. The van der Waals surface area contributed by atoms with Crippen LogP contribution < -0.4 is 11.0 Å². The van der Waals surface area contributed by atoms with Crippen molar-refractivity contribution in [3.63, 3.8) is 0 Å². The maximum Gasteiger partial charge on any atom is 0.323 e. The van der Waals surface area contributed by atoms with Gasteiger partial charge in [0, 0.05) is 0 Å². The molecule has 0 aliphatic carbocycles. The monoisotopic (exact) mass is 325 g/mol. The van der Waals surface area contributed by atoms with Crippen LogP contribution in [0.2, 0.25) is 0 Å². The summed E-state index contributed by atoms with van der Waals surface area (Å²) in [4.78, 5) is 17.6. The zero-order valence-corrected chi connectivity index (χ0v) is 13.4. The van der Waals surface area contributed by atoms with E-state index in [0.717, 1.165) is 48.1 Å². The van der Waals surface area contributed by atoms with Crippen LogP contribution in [-0.4, -0.2) is 23.1 Å². The number of rotatable bonds is 3. The van der Waals surface area contributed by atoms with E-state index in [9.17, 15) is 9.18 Å². The number of piperidine rings is 1. The van der Waals surface area contributed by atoms with Crippen LogP contribution in [0.3, 0.4) is 0 Å². The van der Waals surface area contributed by atoms with Crippen molar-refractivity contribution in [2.45, 2.75) is 25.2 Å². The summed E-state index contributed by atoms with van der Waals surface area (Å²) in [5, 5.41) is 3.38. The first kappa shape index (κ1) is 15.1. The highest BCUT2D eigenvalue weighted by molar-refractivity contribution is 5.80. The summed E-state index contributed by atoms with van der Waals surface area (Å²) in [5.41, 5.74) is 4.79. The van der Waals surface area contributed by atoms with Crippen molar-refractivity contribution in [2.75, 3.05) is 13.1 Å². The molecule has 0 radical (unpaired) electrons. The number of fused-ring (bicyclic) bond motifs is 1. The minimum absolute atomic E-state index is 0.178. The fraction of sp³-hybridized carbons (Fsp3) is 0.316. The molecule has 0 bridgehead atoms. The van der Waals surface area contributed by atoms with Gasteiger partial charge in [-0.05, 0) is 73.2 Å². The Morgan fingerprint density at radius 2 is 1.88 bits per heavy atom. The van der Waals surface area contributed by atoms with Gasteiger partial charge in [-0.3, -0.25) is 0 Å². The van der Waals surface area contributed by atoms with Gasteiger partial charge in [-0.1, -0.05) is 18.2 Å². The summed E-state index contributed by atoms with van der Waals surface area (Å²) in [5.74, 6) is 0.217. The Labute approximate surface area is 139 Å². The van der Waals surface area contributed by atoms with Crippen LogP contribution in [0.25, 0.3) is 11.0 Å². The summed E-state index contributed by atoms with van der Waals surface area (Å²) < 4.78 is 13.4. The third-order valence-corrected chi connectivity index (χ3v) is 4.79. The van der Waals surface area contributed by atoms with E-state index in [2.05, 4.69) is 21.4 Å². The van der Waals surface area contributed by atoms with Crippen LogP contribution in [-0.2, 0) is 6.42 Å². The van der Waals surface area contributed by atoms with Gasteiger partial charge in [0.2, 0.25) is 0 Å². The number of aromatic amines is 2. The lowest BCUT2D eigenvalue weighted by Crippen LogP contribution is -2.26. The molecule has 0 saturated carbocycles. The van der Waals surface area contributed by atoms with Crippen molar-refractivity contribution >= 4 is 11.0 Å². The Hall–Kier alpha value is -2.40. The number of hydrogen-bond acceptors (Lipinski definition) is 2. The van der Waals surface area contributed by atoms with E-state index < -0.39 is 0 Å². The fourth-order valence-corrected chi connectivity index (χ4v) is 3.67. The summed E-state index contributed by atoms with van der Waals surface area (Å²) in [6.45, 7) is 1.99. The molecule has 1 aliphatic rings. The molecule has 5 heteroatoms. The van der Waals surface area contributed by atoms with Crippen LogP contribution in [0.15, 0.2) is 41.2 Å². The number of H-pyrrole nitrogens is 2. The molecule has 4 nitrogen and oxygen atoms in total. The van der Waals surface area contributed by atoms with Crippen molar-refractivity contribution in [1.29, 1.82) is 0 Å². The molecule has 2 aromatic carbocycles. The zero-order chi connectivity index (χ0) is 16.5. The lowest BCUT2D eigenvalue weighted by atomic mass is 9.87. The quantitative estimate of drug-likeness (QED) is 0.693. The molecule has 0 amide bonds. The minimum atomic E-state index is -0.220. The highest BCUT2D eigenvalue weighted by Crippen LogP contribution is 2.31. The van der Waals surface area contributed by atoms with Gasteiger partial charge in [0.25, 0.3) is 0 Å². The van der Waals surface area contributed by atoms with Gasteiger partial charge in [-0.15, -0.1) is 0 Å². The van der Waals surface area contributed by atoms with E-state index in [1.807, 2.05) is 12.1 Å². The van der Waals surface area contributed by atoms with Crippen LogP contribution >= 0.6 is 0 Å². The van der Waals surface area contributed by atoms with E-state index in [1.165, 1.54) is 11.6 Å². The predicted molar refractivity (Wildman–Crippen MR) is 93.0 cm³/mol. The van der Waals surface area contributed by atoms with E-state index in [-0.39, 0.29) is 11.5 Å². The number of imidazole rings is 1. The molecule has 124 valence electrons. The second-order valence-corrected chi connectivity index (χ2v) is 6.52. The molecule has 0 unspecified atom stereocenters. The van der Waals surface area contributed by atoms with Gasteiger partial charge >= 0.3 is 5.69 Å². The molecule has 0 spiro atoms. The molecule has 2 heterocycles. The van der Waals surface area contributed by atoms with Gasteiger partial charge < -0.3 is 15.3 Å². The molecule has 1 saturated heterocycles. The van der Waals surface area contributed by atoms with Crippen LogP contribution in [0.1, 0.15) is 35.4 Å². The third kappa shape index (κ3) is 2.99. The Balaban J connectivity index is 1.77. The standard InChI is InChI=1S/C19H20FN3O/c20-15-3-1-2-12(9-15)8-13-10-16(14-4-6-21-7-5-14)18-17(11-13)22-19(24)23-18/h1-3,9-11,14,21H,4-8H2,(H2,22,23,24). The molecular weight excluding hydrogens is 305 g/mol. The lowest BCUT2D eigenvalue weighted by molar-refractivity contribution is 0.462. The Kier molecular flexibility index (Phi) is 3.94. The van der Waals surface area contributed by atoms with Crippen molar-refractivity contribution in [3.05, 3.63) is 69.4 Å². The molecule has 0 atom stereocenters. The van der Waals surface area contributed by atoms with Crippen molar-refractivity contribution in [2.24, 2.45) is 0 Å². The predicted octanol–water partition coefficient (Wildman–Crippen LogP) is 3.05. The van der Waals surface area contributed by atoms with Gasteiger partial charge in [0.05, 0.1) is 11.0 Å². The topological polar surface area (TPSA) is 60.7 Å². The zero-order valence-electron chi connectivity index (χ0n) is 13.4. The van der Waals surface area contributed by atoms with Gasteiger partial charge in [-0.25, -0.2) is 9.18 Å². The molecule has 4 rings (SSSR count). The number of hydrogen-bond donors (Lipinski definition) is 3. The maximum absolute atomic E-state index is 13.4. The second kappa shape index (κ2) is 6.24. The molecule has 1 aliphatic heterocycles. The summed E-state index contributed by atoms with van der Waals surface area (Å²) in [6, 6.07) is 10.8. The first-order valence-electron chi connectivity index (χ1n) is 8.39. The SMILES string of the molecule is O=c1[nH]c2cc(Cc3cccc(F)c3)cc(C3CCNCC3)c2[nH]1. The van der Waals surface area contributed by atoms with E-state index in [1.54, 1.807) is 12.1 Å². The van der Waals surface area contributed by atoms with E-state index in [4.69, 9.17) is 0 Å². The van der Waals surface area contributed by atoms with Crippen molar-refractivity contribution in [1.82, 2.24) is 15.3 Å². The van der Waals surface area contributed by atoms with Crippen LogP contribution in [0.4, 0.5) is 4.39 Å². The largest absolute Gasteiger partial charge is 0.323 e. The average molecular weight is 325 g/mol. The van der Waals surface area contributed by atoms with Crippen molar-refractivity contribution < 1.29 is 4.39 Å². The third-order valence-electron chi connectivity index (χ3n) is 4.79. The summed E-state index contributed by atoms with van der Waals surface area (Å²) in [6.07, 6.45) is 2.77. The minimum Gasteiger partial charge on any atom is -0.317 e. The van der Waals surface area contributed by atoms with E-state index >= 15 is 0 Å². The number of benzene rings is 2. The first-order chi connectivity index (χ1) is 11.7. The van der Waals surface area contributed by atoms with E-state index in [0.29, 0.717) is 12.3 Å². The van der Waals surface area contributed by atoms with Crippen LogP contribution in [0, 0.1) is 5.82 Å². The molecule has 1 aromatic heterocycles. The normalized spacial score (nSPS) is 15.9. The molecule has 3 aromatic rings. The Morgan fingerprint density at radius 1 is 1.04 bits per heavy atom. The average Bonchev–Trinajstić information content (AvgIpc) is 2.95. The summed E-state index contributed by atoms with van der Waals surface area (Å²) >= 11 is 0. The molecular formula is C19H20FN3O. The van der Waals surface area contributed by atoms with Gasteiger partial charge in [0.1, 0.15) is 5.82 Å². The number of aromatic nitrogens is 2. The van der Waals surface area contributed by atoms with Gasteiger partial charge in [-0.2, -0.15) is 0 Å². The van der Waals surface area contributed by atoms with Crippen LogP contribution in [0.5, 0.6) is 0 Å². The second-order valence-electron chi connectivity index (χ2n) is 6.52.